The fraction of sp³-hybridized carbons (Fsp3) is 0.323. The van der Waals surface area contributed by atoms with E-state index < -0.39 is 0 Å². The summed E-state index contributed by atoms with van der Waals surface area (Å²) in [7, 11) is 1.55. The number of rotatable bonds is 6. The fourth-order valence-corrected chi connectivity index (χ4v) is 5.71. The summed E-state index contributed by atoms with van der Waals surface area (Å²) in [5.41, 5.74) is 2.66. The Kier molecular flexibility index (Phi) is 9.51. The van der Waals surface area contributed by atoms with Crippen LogP contribution in [0.15, 0.2) is 60.7 Å². The molecule has 2 saturated heterocycles. The number of carbonyl (C=O) groups excluding carboxylic acids is 3. The number of nitrogens with zero attached hydrogens (tertiary/aromatic N) is 3. The van der Waals surface area contributed by atoms with Gasteiger partial charge in [-0.2, -0.15) is 0 Å². The zero-order valence-corrected chi connectivity index (χ0v) is 24.9. The van der Waals surface area contributed by atoms with Crippen molar-refractivity contribution in [3.8, 4) is 5.75 Å². The summed E-state index contributed by atoms with van der Waals surface area (Å²) in [4.78, 5) is 45.6. The van der Waals surface area contributed by atoms with Crippen LogP contribution in [0, 0.1) is 0 Å². The fourth-order valence-electron chi connectivity index (χ4n) is 5.22. The minimum Gasteiger partial charge on any atom is -0.497 e. The van der Waals surface area contributed by atoms with E-state index in [1.165, 1.54) is 0 Å². The van der Waals surface area contributed by atoms with Crippen LogP contribution < -0.4 is 20.3 Å². The monoisotopic (exact) mass is 609 g/mol. The van der Waals surface area contributed by atoms with Gasteiger partial charge in [-0.05, 0) is 67.6 Å². The van der Waals surface area contributed by atoms with E-state index in [0.717, 1.165) is 25.2 Å². The third kappa shape index (κ3) is 6.81. The molecule has 0 saturated carbocycles. The van der Waals surface area contributed by atoms with E-state index in [4.69, 9.17) is 27.9 Å². The molecule has 0 aliphatic carbocycles. The summed E-state index contributed by atoms with van der Waals surface area (Å²) in [6.45, 7) is 4.91. The lowest BCUT2D eigenvalue weighted by atomic mass is 10.1. The van der Waals surface area contributed by atoms with Gasteiger partial charge in [-0.25, -0.2) is 0 Å². The number of anilines is 2. The molecule has 5 rings (SSSR count). The summed E-state index contributed by atoms with van der Waals surface area (Å²) in [5.74, 6) is 0.0289. The number of halogens is 2. The topological polar surface area (TPSA) is 94.2 Å². The molecule has 220 valence electrons. The first-order valence-electron chi connectivity index (χ1n) is 13.9. The van der Waals surface area contributed by atoms with Gasteiger partial charge in [0.25, 0.3) is 17.7 Å². The number of carbonyl (C=O) groups is 3. The van der Waals surface area contributed by atoms with Crippen LogP contribution in [-0.2, 0) is 0 Å². The van der Waals surface area contributed by atoms with Crippen LogP contribution >= 0.6 is 23.2 Å². The molecule has 0 radical (unpaired) electrons. The van der Waals surface area contributed by atoms with Gasteiger partial charge in [-0.15, -0.1) is 0 Å². The van der Waals surface area contributed by atoms with Gasteiger partial charge < -0.3 is 30.1 Å². The van der Waals surface area contributed by atoms with Crippen molar-refractivity contribution in [3.05, 3.63) is 87.4 Å². The highest BCUT2D eigenvalue weighted by molar-refractivity contribution is 6.36. The molecule has 3 aromatic carbocycles. The van der Waals surface area contributed by atoms with Gasteiger partial charge in [0, 0.05) is 62.0 Å². The molecule has 0 aromatic heterocycles. The molecule has 9 nitrogen and oxygen atoms in total. The highest BCUT2D eigenvalue weighted by Crippen LogP contribution is 2.31. The Morgan fingerprint density at radius 2 is 1.60 bits per heavy atom. The van der Waals surface area contributed by atoms with Crippen molar-refractivity contribution in [1.29, 1.82) is 0 Å². The maximum Gasteiger partial charge on any atom is 0.255 e. The van der Waals surface area contributed by atoms with Gasteiger partial charge in [0.05, 0.1) is 29.1 Å². The van der Waals surface area contributed by atoms with Gasteiger partial charge in [-0.3, -0.25) is 14.4 Å². The number of benzene rings is 3. The van der Waals surface area contributed by atoms with Crippen molar-refractivity contribution >= 4 is 52.3 Å². The second-order valence-electron chi connectivity index (χ2n) is 10.2. The van der Waals surface area contributed by atoms with E-state index in [2.05, 4.69) is 15.5 Å². The minimum atomic E-state index is -0.315. The molecule has 0 atom stereocenters. The largest absolute Gasteiger partial charge is 0.497 e. The molecule has 0 bridgehead atoms. The van der Waals surface area contributed by atoms with Crippen LogP contribution in [0.25, 0.3) is 0 Å². The number of hydrogen-bond acceptors (Lipinski definition) is 6. The minimum absolute atomic E-state index is 0.0719. The predicted molar refractivity (Wildman–Crippen MR) is 165 cm³/mol. The Balaban J connectivity index is 1.38. The molecule has 2 heterocycles. The van der Waals surface area contributed by atoms with E-state index >= 15 is 0 Å². The third-order valence-corrected chi connectivity index (χ3v) is 8.07. The summed E-state index contributed by atoms with van der Waals surface area (Å²) in [6.07, 6.45) is 0.882. The molecule has 0 unspecified atom stereocenters. The Hall–Kier alpha value is -3.79. The van der Waals surface area contributed by atoms with Crippen LogP contribution in [0.5, 0.6) is 5.75 Å². The molecule has 42 heavy (non-hydrogen) atoms. The molecule has 2 N–H and O–H groups in total. The second-order valence-corrected chi connectivity index (χ2v) is 11.1. The van der Waals surface area contributed by atoms with Crippen molar-refractivity contribution in [1.82, 2.24) is 15.1 Å². The van der Waals surface area contributed by atoms with Crippen LogP contribution in [0.1, 0.15) is 37.5 Å². The van der Waals surface area contributed by atoms with Gasteiger partial charge in [0.1, 0.15) is 5.75 Å². The predicted octanol–water partition coefficient (Wildman–Crippen LogP) is 4.65. The number of piperazine rings is 1. The van der Waals surface area contributed by atoms with Gasteiger partial charge in [0.15, 0.2) is 0 Å². The van der Waals surface area contributed by atoms with Crippen LogP contribution in [0.2, 0.25) is 10.0 Å². The van der Waals surface area contributed by atoms with E-state index in [-0.39, 0.29) is 17.7 Å². The Morgan fingerprint density at radius 3 is 2.36 bits per heavy atom. The number of amides is 3. The van der Waals surface area contributed by atoms with Crippen LogP contribution in [-0.4, -0.2) is 87.0 Å². The highest BCUT2D eigenvalue weighted by atomic mass is 35.5. The van der Waals surface area contributed by atoms with Gasteiger partial charge in [0.2, 0.25) is 0 Å². The number of methoxy groups -OCH3 is 1. The van der Waals surface area contributed by atoms with Crippen LogP contribution in [0.4, 0.5) is 11.4 Å². The van der Waals surface area contributed by atoms with Crippen molar-refractivity contribution in [2.75, 3.05) is 69.7 Å². The average molecular weight is 611 g/mol. The average Bonchev–Trinajstić information content (AvgIpc) is 3.30. The van der Waals surface area contributed by atoms with Crippen molar-refractivity contribution in [2.24, 2.45) is 0 Å². The molecule has 0 spiro atoms. The molecule has 2 aliphatic rings. The zero-order chi connectivity index (χ0) is 29.6. The summed E-state index contributed by atoms with van der Waals surface area (Å²) in [5, 5.41) is 7.14. The van der Waals surface area contributed by atoms with E-state index in [9.17, 15) is 14.4 Å². The van der Waals surface area contributed by atoms with Crippen LogP contribution in [0.3, 0.4) is 0 Å². The van der Waals surface area contributed by atoms with E-state index in [0.29, 0.717) is 77.4 Å². The quantitative estimate of drug-likeness (QED) is 0.422. The first-order chi connectivity index (χ1) is 20.3. The maximum absolute atomic E-state index is 13.4. The molecule has 11 heteroatoms. The molecule has 3 amide bonds. The summed E-state index contributed by atoms with van der Waals surface area (Å²) in [6, 6.07) is 17.2. The van der Waals surface area contributed by atoms with E-state index in [1.54, 1.807) is 60.5 Å². The second kappa shape index (κ2) is 13.5. The number of ether oxygens (including phenoxy) is 1. The molecular weight excluding hydrogens is 577 g/mol. The zero-order valence-electron chi connectivity index (χ0n) is 23.4. The maximum atomic E-state index is 13.4. The lowest BCUT2D eigenvalue weighted by Gasteiger charge is -2.37. The summed E-state index contributed by atoms with van der Waals surface area (Å²) >= 11 is 12.3. The standard InChI is InChI=1S/C31H33Cl2N5O4/c1-42-24-5-2-4-21(18-24)29(39)35-27-19-22(30(40)37-12-3-10-34-11-13-37)6-9-28(27)36-14-16-38(17-15-36)31(41)25-8-7-23(32)20-26(25)33/h2,4-9,18-20,34H,3,10-17H2,1H3,(H,35,39). The molecular formula is C31H33Cl2N5O4. The number of nitrogens with one attached hydrogen (secondary N) is 2. The first kappa shape index (κ1) is 29.7. The van der Waals surface area contributed by atoms with Gasteiger partial charge in [-0.1, -0.05) is 29.3 Å². The van der Waals surface area contributed by atoms with E-state index in [1.807, 2.05) is 17.0 Å². The normalized spacial score (nSPS) is 15.6. The lowest BCUT2D eigenvalue weighted by Crippen LogP contribution is -2.49. The van der Waals surface area contributed by atoms with Crippen molar-refractivity contribution in [2.45, 2.75) is 6.42 Å². The lowest BCUT2D eigenvalue weighted by molar-refractivity contribution is 0.0744. The third-order valence-electron chi connectivity index (χ3n) is 7.52. The molecule has 2 fully saturated rings. The molecule has 3 aromatic rings. The SMILES string of the molecule is COc1cccc(C(=O)Nc2cc(C(=O)N3CCCNCC3)ccc2N2CCN(C(=O)c3ccc(Cl)cc3Cl)CC2)c1. The van der Waals surface area contributed by atoms with Crippen molar-refractivity contribution in [3.63, 3.8) is 0 Å². The van der Waals surface area contributed by atoms with Gasteiger partial charge >= 0.3 is 0 Å². The van der Waals surface area contributed by atoms with Crippen molar-refractivity contribution < 1.29 is 19.1 Å². The first-order valence-corrected chi connectivity index (χ1v) is 14.7. The Bertz CT molecular complexity index is 1470. The Labute approximate surface area is 255 Å². The highest BCUT2D eigenvalue weighted by Gasteiger charge is 2.26. The number of hydrogen-bond donors (Lipinski definition) is 2. The smallest absolute Gasteiger partial charge is 0.255 e. The molecule has 2 aliphatic heterocycles. The summed E-state index contributed by atoms with van der Waals surface area (Å²) < 4.78 is 5.29. The Morgan fingerprint density at radius 1 is 0.810 bits per heavy atom.